The van der Waals surface area contributed by atoms with Crippen molar-refractivity contribution in [2.45, 2.75) is 18.8 Å². The lowest BCUT2D eigenvalue weighted by Gasteiger charge is -2.34. The zero-order chi connectivity index (χ0) is 23.0. The first-order chi connectivity index (χ1) is 16.1. The van der Waals surface area contributed by atoms with Gasteiger partial charge in [-0.2, -0.15) is 0 Å². The minimum absolute atomic E-state index is 0.0197. The van der Waals surface area contributed by atoms with Gasteiger partial charge in [-0.3, -0.25) is 14.7 Å². The molecule has 1 fully saturated rings. The van der Waals surface area contributed by atoms with Gasteiger partial charge in [0, 0.05) is 57.5 Å². The zero-order valence-corrected chi connectivity index (χ0v) is 18.7. The molecule has 0 radical (unpaired) electrons. The predicted molar refractivity (Wildman–Crippen MR) is 130 cm³/mol. The second-order valence-electron chi connectivity index (χ2n) is 8.46. The Morgan fingerprint density at radius 1 is 1.00 bits per heavy atom. The van der Waals surface area contributed by atoms with E-state index in [-0.39, 0.29) is 23.5 Å². The number of aliphatic hydroxyl groups excluding tert-OH is 1. The lowest BCUT2D eigenvalue weighted by atomic mass is 9.83. The number of carbonyl (C=O) groups excluding carboxylic acids is 2. The minimum atomic E-state index is -0.0779. The van der Waals surface area contributed by atoms with Crippen molar-refractivity contribution < 1.29 is 14.7 Å². The molecule has 0 saturated carbocycles. The molecule has 33 heavy (non-hydrogen) atoms. The van der Waals surface area contributed by atoms with Crippen LogP contribution in [0.1, 0.15) is 24.3 Å². The van der Waals surface area contributed by atoms with Crippen LogP contribution >= 0.6 is 0 Å². The Kier molecular flexibility index (Phi) is 7.52. The Labute approximate surface area is 194 Å². The molecule has 1 saturated heterocycles. The molecule has 172 valence electrons. The van der Waals surface area contributed by atoms with Gasteiger partial charge >= 0.3 is 6.03 Å². The van der Waals surface area contributed by atoms with Crippen LogP contribution in [0.3, 0.4) is 0 Å². The van der Waals surface area contributed by atoms with Crippen molar-refractivity contribution in [3.05, 3.63) is 77.6 Å². The molecular weight excluding hydrogens is 416 g/mol. The third kappa shape index (κ3) is 6.08. The van der Waals surface area contributed by atoms with Crippen molar-refractivity contribution >= 4 is 23.7 Å². The number of Topliss-reactive ketones (excluding diaryl/α,β-unsaturated/α-hetero) is 1. The predicted octanol–water partition coefficient (Wildman–Crippen LogP) is 3.87. The highest BCUT2D eigenvalue weighted by atomic mass is 16.3. The number of amides is 2. The molecule has 0 spiro atoms. The fraction of sp³-hybridized carbons (Fsp3) is 0.346. The highest BCUT2D eigenvalue weighted by Gasteiger charge is 2.27. The van der Waals surface area contributed by atoms with E-state index < -0.39 is 0 Å². The van der Waals surface area contributed by atoms with Crippen LogP contribution in [0.25, 0.3) is 0 Å². The quantitative estimate of drug-likeness (QED) is 0.660. The number of nitrogens with one attached hydrogen (secondary N) is 1. The SMILES string of the molecule is O=C1CC(c2ccccc2)CC(O)=C1C=NCCN1CCN(C(=O)Nc2ccccc2)CC1. The Hall–Kier alpha value is -3.45. The Balaban J connectivity index is 1.21. The van der Waals surface area contributed by atoms with Crippen LogP contribution in [-0.2, 0) is 4.79 Å². The smallest absolute Gasteiger partial charge is 0.321 e. The van der Waals surface area contributed by atoms with Crippen LogP contribution in [0.15, 0.2) is 77.0 Å². The van der Waals surface area contributed by atoms with Gasteiger partial charge in [0.2, 0.25) is 0 Å². The van der Waals surface area contributed by atoms with Gasteiger partial charge in [-0.1, -0.05) is 48.5 Å². The summed E-state index contributed by atoms with van der Waals surface area (Å²) in [5.41, 5.74) is 2.21. The maximum atomic E-state index is 12.6. The highest BCUT2D eigenvalue weighted by molar-refractivity contribution is 6.14. The number of urea groups is 1. The Morgan fingerprint density at radius 2 is 1.67 bits per heavy atom. The zero-order valence-electron chi connectivity index (χ0n) is 18.7. The summed E-state index contributed by atoms with van der Waals surface area (Å²) in [6.07, 6.45) is 2.38. The van der Waals surface area contributed by atoms with E-state index >= 15 is 0 Å². The number of aliphatic imine (C=N–C) groups is 1. The standard InChI is InChI=1S/C26H30N4O3/c31-24-17-21(20-7-3-1-4-8-20)18-25(32)23(24)19-27-11-12-29-13-15-30(16-14-29)26(33)28-22-9-5-2-6-10-22/h1-10,19,21,31H,11-18H2,(H,28,33). The molecule has 0 bridgehead atoms. The van der Waals surface area contributed by atoms with E-state index in [1.807, 2.05) is 65.6 Å². The average molecular weight is 447 g/mol. The van der Waals surface area contributed by atoms with Gasteiger partial charge in [0.05, 0.1) is 12.1 Å². The van der Waals surface area contributed by atoms with Gasteiger partial charge in [-0.25, -0.2) is 4.79 Å². The van der Waals surface area contributed by atoms with E-state index in [2.05, 4.69) is 15.2 Å². The lowest BCUT2D eigenvalue weighted by Crippen LogP contribution is -2.50. The van der Waals surface area contributed by atoms with Gasteiger partial charge in [0.15, 0.2) is 5.78 Å². The number of piperazine rings is 1. The minimum Gasteiger partial charge on any atom is -0.511 e. The number of nitrogens with zero attached hydrogens (tertiary/aromatic N) is 3. The number of rotatable bonds is 6. The highest BCUT2D eigenvalue weighted by Crippen LogP contribution is 2.32. The number of ketones is 1. The van der Waals surface area contributed by atoms with Crippen molar-refractivity contribution in [2.24, 2.45) is 4.99 Å². The molecule has 1 heterocycles. The third-order valence-corrected chi connectivity index (χ3v) is 6.20. The summed E-state index contributed by atoms with van der Waals surface area (Å²) in [6.45, 7) is 4.18. The van der Waals surface area contributed by atoms with E-state index in [4.69, 9.17) is 0 Å². The fourth-order valence-corrected chi connectivity index (χ4v) is 4.27. The van der Waals surface area contributed by atoms with E-state index in [0.29, 0.717) is 38.0 Å². The molecule has 7 heteroatoms. The average Bonchev–Trinajstić information content (AvgIpc) is 2.84. The monoisotopic (exact) mass is 446 g/mol. The normalized spacial score (nSPS) is 19.8. The number of hydrogen-bond acceptors (Lipinski definition) is 5. The first-order valence-electron chi connectivity index (χ1n) is 11.4. The number of para-hydroxylation sites is 1. The van der Waals surface area contributed by atoms with Crippen molar-refractivity contribution in [2.75, 3.05) is 44.6 Å². The van der Waals surface area contributed by atoms with Crippen LogP contribution in [0.5, 0.6) is 0 Å². The van der Waals surface area contributed by atoms with E-state index in [0.717, 1.165) is 30.9 Å². The fourth-order valence-electron chi connectivity index (χ4n) is 4.27. The second-order valence-corrected chi connectivity index (χ2v) is 8.46. The Bertz CT molecular complexity index is 1010. The first kappa shape index (κ1) is 22.7. The molecule has 1 aliphatic heterocycles. The van der Waals surface area contributed by atoms with Crippen LogP contribution in [0.2, 0.25) is 0 Å². The number of carbonyl (C=O) groups is 2. The Morgan fingerprint density at radius 3 is 2.33 bits per heavy atom. The largest absolute Gasteiger partial charge is 0.511 e. The van der Waals surface area contributed by atoms with Crippen LogP contribution < -0.4 is 5.32 Å². The number of anilines is 1. The summed E-state index contributed by atoms with van der Waals surface area (Å²) in [7, 11) is 0. The molecule has 2 aromatic rings. The molecule has 1 unspecified atom stereocenters. The molecule has 2 amide bonds. The van der Waals surface area contributed by atoms with E-state index in [9.17, 15) is 14.7 Å². The molecule has 0 aromatic heterocycles. The summed E-state index contributed by atoms with van der Waals surface area (Å²) in [5, 5.41) is 13.3. The molecule has 1 aliphatic carbocycles. The van der Waals surface area contributed by atoms with E-state index in [1.54, 1.807) is 0 Å². The molecule has 2 aromatic carbocycles. The number of hydrogen-bond donors (Lipinski definition) is 2. The number of allylic oxidation sites excluding steroid dienone is 2. The summed E-state index contributed by atoms with van der Waals surface area (Å²) in [6, 6.07) is 19.2. The lowest BCUT2D eigenvalue weighted by molar-refractivity contribution is -0.116. The van der Waals surface area contributed by atoms with Gasteiger partial charge in [-0.05, 0) is 23.6 Å². The molecule has 2 aliphatic rings. The van der Waals surface area contributed by atoms with Crippen LogP contribution in [0.4, 0.5) is 10.5 Å². The number of aliphatic hydroxyl groups is 1. The second kappa shape index (κ2) is 10.9. The maximum Gasteiger partial charge on any atom is 0.321 e. The summed E-state index contributed by atoms with van der Waals surface area (Å²) in [5.74, 6) is 0.0857. The molecule has 7 nitrogen and oxygen atoms in total. The van der Waals surface area contributed by atoms with Crippen LogP contribution in [-0.4, -0.2) is 72.2 Å². The van der Waals surface area contributed by atoms with Crippen molar-refractivity contribution in [1.29, 1.82) is 0 Å². The molecule has 1 atom stereocenters. The summed E-state index contributed by atoms with van der Waals surface area (Å²) in [4.78, 5) is 33.4. The van der Waals surface area contributed by atoms with Crippen LogP contribution in [0, 0.1) is 0 Å². The van der Waals surface area contributed by atoms with Gasteiger partial charge in [0.1, 0.15) is 5.76 Å². The maximum absolute atomic E-state index is 12.6. The van der Waals surface area contributed by atoms with Crippen molar-refractivity contribution in [3.8, 4) is 0 Å². The number of benzene rings is 2. The van der Waals surface area contributed by atoms with Gasteiger partial charge in [0.25, 0.3) is 0 Å². The molecular formula is C26H30N4O3. The first-order valence-corrected chi connectivity index (χ1v) is 11.4. The van der Waals surface area contributed by atoms with Crippen molar-refractivity contribution in [1.82, 2.24) is 9.80 Å². The van der Waals surface area contributed by atoms with E-state index in [1.165, 1.54) is 6.21 Å². The third-order valence-electron chi connectivity index (χ3n) is 6.20. The van der Waals surface area contributed by atoms with Crippen molar-refractivity contribution in [3.63, 3.8) is 0 Å². The van der Waals surface area contributed by atoms with Gasteiger partial charge < -0.3 is 15.3 Å². The topological polar surface area (TPSA) is 85.2 Å². The van der Waals surface area contributed by atoms with Gasteiger partial charge in [-0.15, -0.1) is 0 Å². The summed E-state index contributed by atoms with van der Waals surface area (Å²) < 4.78 is 0. The molecule has 4 rings (SSSR count). The molecule has 2 N–H and O–H groups in total. The summed E-state index contributed by atoms with van der Waals surface area (Å²) >= 11 is 0.